The SMILES string of the molecule is Fc1cccc2[c]csc12. The third-order valence-electron chi connectivity index (χ3n) is 1.36. The van der Waals surface area contributed by atoms with E-state index in [1.807, 2.05) is 6.07 Å². The van der Waals surface area contributed by atoms with Gasteiger partial charge < -0.3 is 0 Å². The van der Waals surface area contributed by atoms with E-state index in [4.69, 9.17) is 0 Å². The average Bonchev–Trinajstić information content (AvgIpc) is 2.36. The van der Waals surface area contributed by atoms with E-state index in [0.717, 1.165) is 5.39 Å². The zero-order valence-electron chi connectivity index (χ0n) is 5.10. The molecule has 0 bridgehead atoms. The first-order chi connectivity index (χ1) is 4.88. The molecule has 0 spiro atoms. The standard InChI is InChI=1S/C8H4FS/c9-7-3-1-2-6-4-5-10-8(6)7/h1-3,5H. The van der Waals surface area contributed by atoms with Crippen LogP contribution in [0, 0.1) is 11.9 Å². The minimum absolute atomic E-state index is 0.149. The first kappa shape index (κ1) is 5.86. The van der Waals surface area contributed by atoms with Crippen LogP contribution in [-0.2, 0) is 0 Å². The number of benzene rings is 1. The van der Waals surface area contributed by atoms with Crippen LogP contribution in [0.3, 0.4) is 0 Å². The molecule has 1 aromatic heterocycles. The average molecular weight is 151 g/mol. The van der Waals surface area contributed by atoms with E-state index in [9.17, 15) is 4.39 Å². The smallest absolute Gasteiger partial charge is 0.141 e. The third kappa shape index (κ3) is 0.727. The zero-order chi connectivity index (χ0) is 6.97. The molecule has 0 aliphatic heterocycles. The molecule has 0 aliphatic carbocycles. The van der Waals surface area contributed by atoms with Crippen LogP contribution in [-0.4, -0.2) is 0 Å². The van der Waals surface area contributed by atoms with Crippen LogP contribution in [0.25, 0.3) is 10.1 Å². The van der Waals surface area contributed by atoms with Crippen LogP contribution in [0.1, 0.15) is 0 Å². The fraction of sp³-hybridized carbons (Fsp3) is 0. The van der Waals surface area contributed by atoms with Crippen molar-refractivity contribution in [1.82, 2.24) is 0 Å². The summed E-state index contributed by atoms with van der Waals surface area (Å²) in [7, 11) is 0. The molecule has 0 amide bonds. The predicted molar refractivity (Wildman–Crippen MR) is 40.6 cm³/mol. The Balaban J connectivity index is 2.95. The molecule has 0 N–H and O–H groups in total. The summed E-state index contributed by atoms with van der Waals surface area (Å²) in [6, 6.07) is 7.96. The van der Waals surface area contributed by atoms with Crippen molar-refractivity contribution < 1.29 is 4.39 Å². The first-order valence-electron chi connectivity index (χ1n) is 2.91. The Morgan fingerprint density at radius 2 is 2.30 bits per heavy atom. The molecule has 2 aromatic rings. The van der Waals surface area contributed by atoms with Crippen molar-refractivity contribution in [2.45, 2.75) is 0 Å². The second-order valence-corrected chi connectivity index (χ2v) is 2.88. The number of thiophene rings is 1. The number of hydrogen-bond acceptors (Lipinski definition) is 1. The maximum Gasteiger partial charge on any atom is 0.141 e. The maximum absolute atomic E-state index is 12.8. The Hall–Kier alpha value is -0.890. The highest BCUT2D eigenvalue weighted by molar-refractivity contribution is 7.17. The molecule has 10 heavy (non-hydrogen) atoms. The lowest BCUT2D eigenvalue weighted by Gasteiger charge is -1.87. The van der Waals surface area contributed by atoms with Gasteiger partial charge in [-0.05, 0) is 11.4 Å². The zero-order valence-corrected chi connectivity index (χ0v) is 5.91. The predicted octanol–water partition coefficient (Wildman–Crippen LogP) is 2.84. The van der Waals surface area contributed by atoms with Gasteiger partial charge in [0.25, 0.3) is 0 Å². The fourth-order valence-electron chi connectivity index (χ4n) is 0.894. The highest BCUT2D eigenvalue weighted by Gasteiger charge is 1.98. The van der Waals surface area contributed by atoms with Crippen molar-refractivity contribution in [1.29, 1.82) is 0 Å². The van der Waals surface area contributed by atoms with Crippen LogP contribution < -0.4 is 0 Å². The molecule has 1 aromatic carbocycles. The molecule has 0 aliphatic rings. The minimum Gasteiger partial charge on any atom is -0.205 e. The maximum atomic E-state index is 12.8. The van der Waals surface area contributed by atoms with Gasteiger partial charge in [0.2, 0.25) is 0 Å². The van der Waals surface area contributed by atoms with Crippen molar-refractivity contribution in [2.24, 2.45) is 0 Å². The molecule has 1 heterocycles. The van der Waals surface area contributed by atoms with Crippen molar-refractivity contribution in [3.05, 3.63) is 35.5 Å². The number of hydrogen-bond donors (Lipinski definition) is 0. The van der Waals surface area contributed by atoms with E-state index in [1.165, 1.54) is 17.4 Å². The van der Waals surface area contributed by atoms with Gasteiger partial charge in [-0.3, -0.25) is 0 Å². The molecule has 0 fully saturated rings. The summed E-state index contributed by atoms with van der Waals surface area (Å²) in [4.78, 5) is 0. The van der Waals surface area contributed by atoms with Crippen molar-refractivity contribution in [2.75, 3.05) is 0 Å². The summed E-state index contributed by atoms with van der Waals surface area (Å²) in [6.45, 7) is 0. The summed E-state index contributed by atoms with van der Waals surface area (Å²) < 4.78 is 13.5. The Morgan fingerprint density at radius 3 is 3.10 bits per heavy atom. The molecule has 49 valence electrons. The number of fused-ring (bicyclic) bond motifs is 1. The topological polar surface area (TPSA) is 0 Å². The molecule has 1 radical (unpaired) electrons. The van der Waals surface area contributed by atoms with E-state index >= 15 is 0 Å². The second-order valence-electron chi connectivity index (χ2n) is 2.00. The molecule has 0 saturated carbocycles. The molecule has 0 saturated heterocycles. The van der Waals surface area contributed by atoms with E-state index in [-0.39, 0.29) is 5.82 Å². The lowest BCUT2D eigenvalue weighted by atomic mass is 10.3. The van der Waals surface area contributed by atoms with E-state index in [0.29, 0.717) is 4.70 Å². The monoisotopic (exact) mass is 151 g/mol. The Morgan fingerprint density at radius 1 is 1.40 bits per heavy atom. The van der Waals surface area contributed by atoms with Crippen LogP contribution in [0.5, 0.6) is 0 Å². The van der Waals surface area contributed by atoms with E-state index in [2.05, 4.69) is 6.07 Å². The minimum atomic E-state index is -0.149. The van der Waals surface area contributed by atoms with Gasteiger partial charge >= 0.3 is 0 Å². The highest BCUT2D eigenvalue weighted by atomic mass is 32.1. The summed E-state index contributed by atoms with van der Waals surface area (Å²) >= 11 is 1.38. The molecule has 0 atom stereocenters. The van der Waals surface area contributed by atoms with Crippen LogP contribution in [0.4, 0.5) is 4.39 Å². The van der Waals surface area contributed by atoms with Gasteiger partial charge in [-0.15, -0.1) is 11.3 Å². The van der Waals surface area contributed by atoms with Crippen molar-refractivity contribution in [3.63, 3.8) is 0 Å². The third-order valence-corrected chi connectivity index (χ3v) is 2.24. The lowest BCUT2D eigenvalue weighted by molar-refractivity contribution is 0.642. The molecule has 0 unspecified atom stereocenters. The van der Waals surface area contributed by atoms with Crippen molar-refractivity contribution in [3.8, 4) is 0 Å². The summed E-state index contributed by atoms with van der Waals surface area (Å²) in [5, 5.41) is 2.64. The summed E-state index contributed by atoms with van der Waals surface area (Å²) in [6.07, 6.45) is 0. The largest absolute Gasteiger partial charge is 0.205 e. The quantitative estimate of drug-likeness (QED) is 0.543. The Labute approximate surface area is 61.9 Å². The molecular weight excluding hydrogens is 147 g/mol. The van der Waals surface area contributed by atoms with Gasteiger partial charge in [0, 0.05) is 11.5 Å². The second kappa shape index (κ2) is 2.06. The normalized spacial score (nSPS) is 10.5. The number of halogens is 1. The van der Waals surface area contributed by atoms with Crippen LogP contribution in [0.15, 0.2) is 23.6 Å². The van der Waals surface area contributed by atoms with E-state index < -0.39 is 0 Å². The van der Waals surface area contributed by atoms with Gasteiger partial charge in [0.15, 0.2) is 0 Å². The summed E-state index contributed by atoms with van der Waals surface area (Å²) in [5.74, 6) is -0.149. The van der Waals surface area contributed by atoms with Gasteiger partial charge in [0.1, 0.15) is 5.82 Å². The number of rotatable bonds is 0. The molecule has 2 heteroatoms. The fourth-order valence-corrected chi connectivity index (χ4v) is 1.63. The summed E-state index contributed by atoms with van der Waals surface area (Å²) in [5.41, 5.74) is 0. The van der Waals surface area contributed by atoms with E-state index in [1.54, 1.807) is 11.4 Å². The molecule has 2 rings (SSSR count). The molecule has 0 nitrogen and oxygen atoms in total. The Bertz CT molecular complexity index is 351. The van der Waals surface area contributed by atoms with Gasteiger partial charge in [0.05, 0.1) is 4.70 Å². The van der Waals surface area contributed by atoms with Crippen LogP contribution >= 0.6 is 11.3 Å². The first-order valence-corrected chi connectivity index (χ1v) is 3.79. The molecular formula is C8H4FS. The van der Waals surface area contributed by atoms with Crippen molar-refractivity contribution >= 4 is 21.4 Å². The van der Waals surface area contributed by atoms with Gasteiger partial charge in [-0.1, -0.05) is 12.1 Å². The Kier molecular flexibility index (Phi) is 1.21. The van der Waals surface area contributed by atoms with Gasteiger partial charge in [-0.2, -0.15) is 0 Å². The van der Waals surface area contributed by atoms with Crippen LogP contribution in [0.2, 0.25) is 0 Å². The highest BCUT2D eigenvalue weighted by Crippen LogP contribution is 2.22. The lowest BCUT2D eigenvalue weighted by Crippen LogP contribution is -1.69. The van der Waals surface area contributed by atoms with Gasteiger partial charge in [-0.25, -0.2) is 4.39 Å².